The van der Waals surface area contributed by atoms with Crippen LogP contribution in [0.25, 0.3) is 22.6 Å². The normalized spacial score (nSPS) is 20.8. The number of nitrogens with zero attached hydrogens (tertiary/aromatic N) is 4. The SMILES string of the molecule is CCOc1ncc(-c2cc(C(=O)NC34CCC(CC3)NC4)c(F)c(-c3cnc(N)c(F)n3)n2)cc1F. The fourth-order valence-electron chi connectivity index (χ4n) is 4.68. The van der Waals surface area contributed by atoms with E-state index in [0.717, 1.165) is 37.9 Å². The highest BCUT2D eigenvalue weighted by atomic mass is 19.1. The molecule has 0 atom stereocenters. The molecular formula is C24H24F3N7O2. The molecule has 5 heterocycles. The molecule has 3 fully saturated rings. The number of ether oxygens (including phenoxy) is 1. The van der Waals surface area contributed by atoms with Gasteiger partial charge in [0.1, 0.15) is 11.4 Å². The quantitative estimate of drug-likeness (QED) is 0.472. The second-order valence-corrected chi connectivity index (χ2v) is 8.98. The maximum atomic E-state index is 15.7. The summed E-state index contributed by atoms with van der Waals surface area (Å²) in [6.07, 6.45) is 5.70. The zero-order valence-corrected chi connectivity index (χ0v) is 19.4. The molecule has 2 aliphatic heterocycles. The van der Waals surface area contributed by atoms with Crippen LogP contribution in [0.1, 0.15) is 43.0 Å². The molecule has 0 unspecified atom stereocenters. The fourth-order valence-corrected chi connectivity index (χ4v) is 4.68. The number of rotatable bonds is 6. The van der Waals surface area contributed by atoms with E-state index in [4.69, 9.17) is 10.5 Å². The first-order valence-corrected chi connectivity index (χ1v) is 11.6. The number of hydrogen-bond donors (Lipinski definition) is 3. The molecule has 1 saturated carbocycles. The molecule has 2 bridgehead atoms. The van der Waals surface area contributed by atoms with Crippen molar-refractivity contribution in [3.63, 3.8) is 0 Å². The number of carbonyl (C=O) groups is 1. The van der Waals surface area contributed by atoms with Crippen LogP contribution in [0.5, 0.6) is 5.88 Å². The lowest BCUT2D eigenvalue weighted by atomic mass is 9.75. The molecule has 12 heteroatoms. The summed E-state index contributed by atoms with van der Waals surface area (Å²) in [5, 5.41) is 6.37. The molecule has 36 heavy (non-hydrogen) atoms. The van der Waals surface area contributed by atoms with Gasteiger partial charge in [0, 0.05) is 24.3 Å². The van der Waals surface area contributed by atoms with Crippen LogP contribution in [0.4, 0.5) is 19.0 Å². The molecule has 3 aliphatic rings. The first kappa shape index (κ1) is 23.9. The number of nitrogens with two attached hydrogens (primary N) is 1. The van der Waals surface area contributed by atoms with Crippen molar-refractivity contribution >= 4 is 11.7 Å². The number of amides is 1. The minimum Gasteiger partial charge on any atom is -0.476 e. The summed E-state index contributed by atoms with van der Waals surface area (Å²) in [5.74, 6) is -4.21. The average molecular weight is 499 g/mol. The number of nitrogen functional groups attached to an aromatic ring is 1. The van der Waals surface area contributed by atoms with Gasteiger partial charge in [-0.05, 0) is 44.7 Å². The minimum absolute atomic E-state index is 0.0352. The molecule has 3 aromatic rings. The molecule has 0 radical (unpaired) electrons. The topological polar surface area (TPSA) is 128 Å². The third kappa shape index (κ3) is 4.43. The van der Waals surface area contributed by atoms with Gasteiger partial charge in [-0.3, -0.25) is 4.79 Å². The Morgan fingerprint density at radius 3 is 2.58 bits per heavy atom. The number of piperidine rings is 2. The highest BCUT2D eigenvalue weighted by molar-refractivity contribution is 5.97. The standard InChI is InChI=1S/C24H24F3N7O2/c1-2-36-23-15(25)7-12(9-30-23)16-8-14(22(35)34-24-5-3-13(4-6-24)31-11-24)18(26)19(32-16)17-10-29-21(28)20(27)33-17/h7-10,13,31H,2-6,11H2,1H3,(H2,28,29)(H,34,35). The molecule has 3 aromatic heterocycles. The Morgan fingerprint density at radius 2 is 1.94 bits per heavy atom. The van der Waals surface area contributed by atoms with Crippen molar-refractivity contribution < 1.29 is 22.7 Å². The van der Waals surface area contributed by atoms with Gasteiger partial charge in [-0.15, -0.1) is 0 Å². The highest BCUT2D eigenvalue weighted by Gasteiger charge is 2.41. The van der Waals surface area contributed by atoms with Crippen molar-refractivity contribution in [3.8, 4) is 28.5 Å². The van der Waals surface area contributed by atoms with Gasteiger partial charge >= 0.3 is 0 Å². The number of hydrogen-bond acceptors (Lipinski definition) is 8. The lowest BCUT2D eigenvalue weighted by Gasteiger charge is -2.47. The third-order valence-corrected chi connectivity index (χ3v) is 6.64. The Balaban J connectivity index is 1.59. The Labute approximate surface area is 204 Å². The Morgan fingerprint density at radius 1 is 1.17 bits per heavy atom. The lowest BCUT2D eigenvalue weighted by Crippen LogP contribution is -2.64. The van der Waals surface area contributed by atoms with Crippen molar-refractivity contribution in [2.24, 2.45) is 0 Å². The van der Waals surface area contributed by atoms with Gasteiger partial charge < -0.3 is 21.1 Å². The van der Waals surface area contributed by atoms with Crippen LogP contribution in [0.2, 0.25) is 0 Å². The van der Waals surface area contributed by atoms with Crippen molar-refractivity contribution in [2.45, 2.75) is 44.2 Å². The van der Waals surface area contributed by atoms with E-state index in [1.54, 1.807) is 6.92 Å². The summed E-state index contributed by atoms with van der Waals surface area (Å²) in [6, 6.07) is 2.76. The predicted octanol–water partition coefficient (Wildman–Crippen LogP) is 3.01. The van der Waals surface area contributed by atoms with Gasteiger partial charge in [-0.25, -0.2) is 28.7 Å². The van der Waals surface area contributed by atoms with Crippen molar-refractivity contribution in [1.82, 2.24) is 30.6 Å². The van der Waals surface area contributed by atoms with Gasteiger partial charge in [-0.1, -0.05) is 0 Å². The van der Waals surface area contributed by atoms with E-state index >= 15 is 4.39 Å². The number of carbonyl (C=O) groups excluding carboxylic acids is 1. The number of pyridine rings is 2. The lowest BCUT2D eigenvalue weighted by molar-refractivity contribution is 0.0784. The minimum atomic E-state index is -1.11. The monoisotopic (exact) mass is 499 g/mol. The summed E-state index contributed by atoms with van der Waals surface area (Å²) < 4.78 is 49.4. The zero-order chi connectivity index (χ0) is 25.4. The molecule has 0 aromatic carbocycles. The van der Waals surface area contributed by atoms with Crippen LogP contribution in [0.15, 0.2) is 24.5 Å². The Bertz CT molecular complexity index is 1320. The van der Waals surface area contributed by atoms with Crippen molar-refractivity contribution in [3.05, 3.63) is 47.7 Å². The van der Waals surface area contributed by atoms with E-state index in [1.807, 2.05) is 0 Å². The van der Waals surface area contributed by atoms with Gasteiger partial charge in [0.25, 0.3) is 11.9 Å². The van der Waals surface area contributed by atoms with E-state index < -0.39 is 40.5 Å². The highest BCUT2D eigenvalue weighted by Crippen LogP contribution is 2.34. The first-order valence-electron chi connectivity index (χ1n) is 11.6. The van der Waals surface area contributed by atoms with Crippen LogP contribution in [-0.2, 0) is 0 Å². The average Bonchev–Trinajstić information content (AvgIpc) is 2.88. The van der Waals surface area contributed by atoms with Gasteiger partial charge in [0.15, 0.2) is 17.5 Å². The molecule has 0 spiro atoms. The molecule has 188 valence electrons. The van der Waals surface area contributed by atoms with Crippen LogP contribution < -0.4 is 21.1 Å². The summed E-state index contributed by atoms with van der Waals surface area (Å²) in [5.41, 5.74) is 4.06. The second-order valence-electron chi connectivity index (χ2n) is 8.98. The van der Waals surface area contributed by atoms with Crippen molar-refractivity contribution in [2.75, 3.05) is 18.9 Å². The van der Waals surface area contributed by atoms with Crippen molar-refractivity contribution in [1.29, 1.82) is 0 Å². The van der Waals surface area contributed by atoms with E-state index in [0.29, 0.717) is 12.6 Å². The molecular weight excluding hydrogens is 475 g/mol. The van der Waals surface area contributed by atoms with Crippen LogP contribution in [-0.4, -0.2) is 50.6 Å². The predicted molar refractivity (Wildman–Crippen MR) is 124 cm³/mol. The molecule has 1 amide bonds. The van der Waals surface area contributed by atoms with E-state index in [2.05, 4.69) is 30.6 Å². The number of fused-ring (bicyclic) bond motifs is 3. The van der Waals surface area contributed by atoms with Crippen LogP contribution >= 0.6 is 0 Å². The zero-order valence-electron chi connectivity index (χ0n) is 19.4. The molecule has 9 nitrogen and oxygen atoms in total. The van der Waals surface area contributed by atoms with Gasteiger partial charge in [0.05, 0.1) is 29.6 Å². The number of anilines is 1. The summed E-state index contributed by atoms with van der Waals surface area (Å²) in [7, 11) is 0. The first-order chi connectivity index (χ1) is 17.3. The van der Waals surface area contributed by atoms with Crippen LogP contribution in [0.3, 0.4) is 0 Å². The van der Waals surface area contributed by atoms with Gasteiger partial charge in [-0.2, -0.15) is 4.39 Å². The summed E-state index contributed by atoms with van der Waals surface area (Å²) in [6.45, 7) is 2.48. The largest absolute Gasteiger partial charge is 0.476 e. The maximum Gasteiger partial charge on any atom is 0.256 e. The van der Waals surface area contributed by atoms with Crippen LogP contribution in [0, 0.1) is 17.6 Å². The molecule has 6 rings (SSSR count). The van der Waals surface area contributed by atoms with E-state index in [1.165, 1.54) is 12.3 Å². The van der Waals surface area contributed by atoms with E-state index in [-0.39, 0.29) is 35.0 Å². The second kappa shape index (κ2) is 9.34. The molecule has 2 saturated heterocycles. The fraction of sp³-hybridized carbons (Fsp3) is 0.375. The molecule has 4 N–H and O–H groups in total. The smallest absolute Gasteiger partial charge is 0.256 e. The molecule has 1 aliphatic carbocycles. The van der Waals surface area contributed by atoms with Gasteiger partial charge in [0.2, 0.25) is 5.88 Å². The Hall–Kier alpha value is -3.80. The number of nitrogens with one attached hydrogen (secondary N) is 2. The summed E-state index contributed by atoms with van der Waals surface area (Å²) >= 11 is 0. The number of aromatic nitrogens is 4. The Kier molecular flexibility index (Phi) is 6.20. The maximum absolute atomic E-state index is 15.7. The van der Waals surface area contributed by atoms with E-state index in [9.17, 15) is 13.6 Å². The third-order valence-electron chi connectivity index (χ3n) is 6.64. The number of halogens is 3. The summed E-state index contributed by atoms with van der Waals surface area (Å²) in [4.78, 5) is 28.8.